The van der Waals surface area contributed by atoms with Crippen LogP contribution < -0.4 is 5.73 Å². The molecule has 0 aliphatic heterocycles. The molecule has 0 amide bonds. The summed E-state index contributed by atoms with van der Waals surface area (Å²) in [6, 6.07) is 0.532. The lowest BCUT2D eigenvalue weighted by molar-refractivity contribution is 0.282. The molecule has 0 aromatic heterocycles. The minimum Gasteiger partial charge on any atom is -0.327 e. The molecule has 0 bridgehead atoms. The topological polar surface area (TPSA) is 26.0 Å². The van der Waals surface area contributed by atoms with E-state index in [0.29, 0.717) is 6.04 Å². The highest BCUT2D eigenvalue weighted by Gasteiger charge is 2.21. The van der Waals surface area contributed by atoms with E-state index in [1.165, 1.54) is 12.8 Å². The van der Waals surface area contributed by atoms with E-state index in [1.54, 1.807) is 0 Å². The van der Waals surface area contributed by atoms with Crippen LogP contribution in [-0.4, -0.2) is 6.04 Å². The molecule has 36 valence electrons. The van der Waals surface area contributed by atoms with Gasteiger partial charge in [0.25, 0.3) is 0 Å². The second kappa shape index (κ2) is 1.23. The van der Waals surface area contributed by atoms with Crippen molar-refractivity contribution in [2.75, 3.05) is 0 Å². The smallest absolute Gasteiger partial charge is 0.00646 e. The number of hydrogen-bond acceptors (Lipinski definition) is 1. The predicted octanol–water partition coefficient (Wildman–Crippen LogP) is 0.744. The molecule has 1 unspecified atom stereocenters. The van der Waals surface area contributed by atoms with Crippen LogP contribution >= 0.6 is 0 Å². The van der Waals surface area contributed by atoms with Gasteiger partial charge in [0, 0.05) is 6.04 Å². The highest BCUT2D eigenvalue weighted by atomic mass is 14.7. The molecule has 6 heavy (non-hydrogen) atoms. The molecule has 1 aliphatic carbocycles. The van der Waals surface area contributed by atoms with Crippen molar-refractivity contribution in [3.8, 4) is 0 Å². The van der Waals surface area contributed by atoms with Gasteiger partial charge in [0.1, 0.15) is 0 Å². The zero-order chi connectivity index (χ0) is 4.57. The van der Waals surface area contributed by atoms with Gasteiger partial charge in [0.15, 0.2) is 0 Å². The van der Waals surface area contributed by atoms with Crippen molar-refractivity contribution in [1.82, 2.24) is 0 Å². The van der Waals surface area contributed by atoms with Gasteiger partial charge in [0.05, 0.1) is 0 Å². The van der Waals surface area contributed by atoms with Gasteiger partial charge in [-0.15, -0.1) is 0 Å². The number of nitrogens with two attached hydrogens (primary N) is 1. The molecule has 1 fully saturated rings. The first-order valence-corrected chi connectivity index (χ1v) is 2.56. The van der Waals surface area contributed by atoms with E-state index in [4.69, 9.17) is 5.73 Å². The molecule has 1 saturated carbocycles. The number of rotatable bonds is 0. The van der Waals surface area contributed by atoms with Crippen molar-refractivity contribution in [3.63, 3.8) is 0 Å². The van der Waals surface area contributed by atoms with E-state index < -0.39 is 0 Å². The average Bonchev–Trinajstić information content (AvgIpc) is 1.61. The second-order valence-corrected chi connectivity index (χ2v) is 2.22. The van der Waals surface area contributed by atoms with Gasteiger partial charge in [-0.25, -0.2) is 0 Å². The van der Waals surface area contributed by atoms with Gasteiger partial charge in [-0.1, -0.05) is 6.92 Å². The summed E-state index contributed by atoms with van der Waals surface area (Å²) in [5.74, 6) is 0.810. The molecule has 0 heterocycles. The fourth-order valence-electron chi connectivity index (χ4n) is 0.692. The number of hydrogen-bond donors (Lipinski definition) is 1. The van der Waals surface area contributed by atoms with Crippen molar-refractivity contribution in [2.45, 2.75) is 25.8 Å². The van der Waals surface area contributed by atoms with Crippen molar-refractivity contribution in [2.24, 2.45) is 11.7 Å². The molecule has 0 saturated heterocycles. The van der Waals surface area contributed by atoms with Crippen LogP contribution in [0.5, 0.6) is 0 Å². The van der Waals surface area contributed by atoms with Crippen molar-refractivity contribution < 1.29 is 0 Å². The maximum Gasteiger partial charge on any atom is 0.00646 e. The zero-order valence-electron chi connectivity index (χ0n) is 4.15. The molecule has 1 heteroatoms. The Kier molecular flexibility index (Phi) is 0.845. The molecular formula is C5H11N. The standard InChI is InChI=1S/C5H11N/c1-4-2-3-5(4)6/h4-5H,2-3,6H2,1H3/t4?,5-/m0/s1. The minimum absolute atomic E-state index is 0.532. The molecule has 1 nitrogen and oxygen atoms in total. The Balaban J connectivity index is 2.20. The highest BCUT2D eigenvalue weighted by Crippen LogP contribution is 2.23. The van der Waals surface area contributed by atoms with Crippen LogP contribution in [0.25, 0.3) is 0 Å². The summed E-state index contributed by atoms with van der Waals surface area (Å²) in [5, 5.41) is 0. The lowest BCUT2D eigenvalue weighted by Gasteiger charge is -2.29. The summed E-state index contributed by atoms with van der Waals surface area (Å²) in [5.41, 5.74) is 5.52. The van der Waals surface area contributed by atoms with Crippen LogP contribution in [0.15, 0.2) is 0 Å². The third kappa shape index (κ3) is 0.432. The van der Waals surface area contributed by atoms with E-state index in [-0.39, 0.29) is 0 Å². The van der Waals surface area contributed by atoms with E-state index >= 15 is 0 Å². The van der Waals surface area contributed by atoms with Crippen LogP contribution in [0.3, 0.4) is 0 Å². The molecule has 0 aromatic rings. The lowest BCUT2D eigenvalue weighted by atomic mass is 9.82. The maximum absolute atomic E-state index is 5.52. The van der Waals surface area contributed by atoms with E-state index in [1.807, 2.05) is 0 Å². The van der Waals surface area contributed by atoms with Crippen LogP contribution in [0, 0.1) is 5.92 Å². The summed E-state index contributed by atoms with van der Waals surface area (Å²) in [6.07, 6.45) is 2.60. The molecular weight excluding hydrogens is 74.1 g/mol. The second-order valence-electron chi connectivity index (χ2n) is 2.22. The minimum atomic E-state index is 0.532. The highest BCUT2D eigenvalue weighted by molar-refractivity contribution is 4.79. The zero-order valence-corrected chi connectivity index (χ0v) is 4.15. The van der Waals surface area contributed by atoms with Gasteiger partial charge in [0.2, 0.25) is 0 Å². The van der Waals surface area contributed by atoms with Gasteiger partial charge in [-0.3, -0.25) is 0 Å². The summed E-state index contributed by atoms with van der Waals surface area (Å²) in [6.45, 7) is 2.20. The molecule has 2 atom stereocenters. The van der Waals surface area contributed by atoms with Crippen molar-refractivity contribution in [3.05, 3.63) is 0 Å². The molecule has 0 spiro atoms. The van der Waals surface area contributed by atoms with Crippen LogP contribution in [0.1, 0.15) is 19.8 Å². The Morgan fingerprint density at radius 1 is 1.50 bits per heavy atom. The summed E-state index contributed by atoms with van der Waals surface area (Å²) in [7, 11) is 0. The van der Waals surface area contributed by atoms with Crippen molar-refractivity contribution in [1.29, 1.82) is 0 Å². The normalized spacial score (nSPS) is 45.0. The van der Waals surface area contributed by atoms with E-state index in [9.17, 15) is 0 Å². The van der Waals surface area contributed by atoms with Gasteiger partial charge < -0.3 is 5.73 Å². The van der Waals surface area contributed by atoms with Crippen LogP contribution in [0.2, 0.25) is 0 Å². The van der Waals surface area contributed by atoms with Crippen LogP contribution in [0.4, 0.5) is 0 Å². The molecule has 1 aliphatic rings. The first-order chi connectivity index (χ1) is 2.80. The fourth-order valence-corrected chi connectivity index (χ4v) is 0.692. The summed E-state index contributed by atoms with van der Waals surface area (Å²) in [4.78, 5) is 0. The van der Waals surface area contributed by atoms with Gasteiger partial charge >= 0.3 is 0 Å². The third-order valence-corrected chi connectivity index (χ3v) is 1.69. The Hall–Kier alpha value is -0.0400. The van der Waals surface area contributed by atoms with E-state index in [0.717, 1.165) is 5.92 Å². The summed E-state index contributed by atoms with van der Waals surface area (Å²) >= 11 is 0. The maximum atomic E-state index is 5.52. The van der Waals surface area contributed by atoms with Crippen molar-refractivity contribution >= 4 is 0 Å². The molecule has 2 N–H and O–H groups in total. The Morgan fingerprint density at radius 3 is 2.00 bits per heavy atom. The molecule has 0 radical (unpaired) electrons. The largest absolute Gasteiger partial charge is 0.327 e. The third-order valence-electron chi connectivity index (χ3n) is 1.69. The quantitative estimate of drug-likeness (QED) is 0.461. The van der Waals surface area contributed by atoms with Gasteiger partial charge in [-0.05, 0) is 18.8 Å². The van der Waals surface area contributed by atoms with Gasteiger partial charge in [-0.2, -0.15) is 0 Å². The Bertz CT molecular complexity index is 43.9. The molecule has 1 rings (SSSR count). The molecule has 0 aromatic carbocycles. The SMILES string of the molecule is CC1CC[C@@H]1N. The Morgan fingerprint density at radius 2 is 2.00 bits per heavy atom. The predicted molar refractivity (Wildman–Crippen MR) is 26.4 cm³/mol. The fraction of sp³-hybridized carbons (Fsp3) is 1.00. The first-order valence-electron chi connectivity index (χ1n) is 2.56. The monoisotopic (exact) mass is 85.1 g/mol. The summed E-state index contributed by atoms with van der Waals surface area (Å²) < 4.78 is 0. The Labute approximate surface area is 38.5 Å². The van der Waals surface area contributed by atoms with Crippen LogP contribution in [-0.2, 0) is 0 Å². The lowest BCUT2D eigenvalue weighted by Crippen LogP contribution is -2.37. The average molecular weight is 85.2 g/mol. The van der Waals surface area contributed by atoms with E-state index in [2.05, 4.69) is 6.92 Å². The first kappa shape index (κ1) is 4.13.